The van der Waals surface area contributed by atoms with Crippen molar-refractivity contribution in [2.75, 3.05) is 11.5 Å². The summed E-state index contributed by atoms with van der Waals surface area (Å²) in [5, 5.41) is 2.77. The van der Waals surface area contributed by atoms with Gasteiger partial charge in [-0.05, 0) is 25.5 Å². The minimum atomic E-state index is -0.739. The molecule has 0 spiro atoms. The number of nitrogens with one attached hydrogen (secondary N) is 1. The van der Waals surface area contributed by atoms with Gasteiger partial charge in [0.1, 0.15) is 11.6 Å². The number of rotatable bonds is 6. The summed E-state index contributed by atoms with van der Waals surface area (Å²) in [6.45, 7) is 3.92. The van der Waals surface area contributed by atoms with Crippen LogP contribution in [0.5, 0.6) is 0 Å². The molecule has 0 saturated carbocycles. The van der Waals surface area contributed by atoms with Gasteiger partial charge in [-0.25, -0.2) is 8.78 Å². The number of amides is 1. The lowest BCUT2D eigenvalue weighted by atomic mass is 10.2. The molecule has 0 aliphatic heterocycles. The summed E-state index contributed by atoms with van der Waals surface area (Å²) in [7, 11) is 0. The molecule has 0 bridgehead atoms. The number of carbonyl (C=O) groups excluding carboxylic acids is 1. The summed E-state index contributed by atoms with van der Waals surface area (Å²) < 4.78 is 26.9. The Bertz CT molecular complexity index is 431. The summed E-state index contributed by atoms with van der Waals surface area (Å²) >= 11 is 0.833. The maximum Gasteiger partial charge on any atom is 0.230 e. The van der Waals surface area contributed by atoms with Crippen LogP contribution in [0.4, 0.5) is 14.5 Å². The van der Waals surface area contributed by atoms with Crippen molar-refractivity contribution < 1.29 is 13.6 Å². The van der Waals surface area contributed by atoms with Crippen molar-refractivity contribution in [2.24, 2.45) is 0 Å². The molecule has 0 saturated heterocycles. The third kappa shape index (κ3) is 5.06. The molecular formula is C13H18F2N2OS. The number of benzene rings is 1. The molecule has 3 nitrogen and oxygen atoms in total. The maximum atomic E-state index is 13.5. The third-order valence-corrected chi connectivity index (χ3v) is 3.58. The van der Waals surface area contributed by atoms with Gasteiger partial charge in [0.25, 0.3) is 0 Å². The zero-order valence-corrected chi connectivity index (χ0v) is 11.8. The summed E-state index contributed by atoms with van der Waals surface area (Å²) in [5.74, 6) is -1.73. The van der Waals surface area contributed by atoms with E-state index in [9.17, 15) is 13.6 Å². The van der Waals surface area contributed by atoms with Crippen LogP contribution in [0.1, 0.15) is 26.7 Å². The molecule has 1 aromatic rings. The number of nitrogens with two attached hydrogens (primary N) is 1. The Kier molecular flexibility index (Phi) is 6.08. The van der Waals surface area contributed by atoms with E-state index in [0.29, 0.717) is 0 Å². The molecule has 1 amide bonds. The zero-order valence-electron chi connectivity index (χ0n) is 11.0. The van der Waals surface area contributed by atoms with Gasteiger partial charge in [0, 0.05) is 11.7 Å². The lowest BCUT2D eigenvalue weighted by molar-refractivity contribution is -0.119. The average Bonchev–Trinajstić information content (AvgIpc) is 2.27. The lowest BCUT2D eigenvalue weighted by Gasteiger charge is -2.12. The predicted molar refractivity (Wildman–Crippen MR) is 74.0 cm³/mol. The first kappa shape index (κ1) is 15.8. The number of nitrogen functional groups attached to an aromatic ring is 1. The molecule has 0 aromatic heterocycles. The highest BCUT2D eigenvalue weighted by Gasteiger charge is 2.14. The minimum absolute atomic E-state index is 0.0220. The van der Waals surface area contributed by atoms with Crippen LogP contribution in [0.3, 0.4) is 0 Å². The molecule has 19 heavy (non-hydrogen) atoms. The monoisotopic (exact) mass is 288 g/mol. The molecule has 6 heteroatoms. The first-order valence-corrected chi connectivity index (χ1v) is 7.09. The number of hydrogen-bond acceptors (Lipinski definition) is 3. The first-order chi connectivity index (χ1) is 8.93. The van der Waals surface area contributed by atoms with Gasteiger partial charge in [0.2, 0.25) is 5.91 Å². The quantitative estimate of drug-likeness (QED) is 0.625. The van der Waals surface area contributed by atoms with E-state index in [-0.39, 0.29) is 28.3 Å². The summed E-state index contributed by atoms with van der Waals surface area (Å²) in [5.41, 5.74) is 5.34. The zero-order chi connectivity index (χ0) is 14.4. The van der Waals surface area contributed by atoms with E-state index in [4.69, 9.17) is 5.73 Å². The second-order valence-electron chi connectivity index (χ2n) is 4.36. The molecule has 1 atom stereocenters. The van der Waals surface area contributed by atoms with E-state index in [1.165, 1.54) is 0 Å². The lowest BCUT2D eigenvalue weighted by Crippen LogP contribution is -2.33. The van der Waals surface area contributed by atoms with Crippen molar-refractivity contribution in [3.8, 4) is 0 Å². The van der Waals surface area contributed by atoms with Gasteiger partial charge >= 0.3 is 0 Å². The van der Waals surface area contributed by atoms with Gasteiger partial charge in [-0.2, -0.15) is 0 Å². The number of halogens is 2. The maximum absolute atomic E-state index is 13.5. The molecule has 0 aliphatic carbocycles. The van der Waals surface area contributed by atoms with E-state index < -0.39 is 11.6 Å². The highest BCUT2D eigenvalue weighted by atomic mass is 32.2. The van der Waals surface area contributed by atoms with Crippen LogP contribution in [0.2, 0.25) is 0 Å². The fourth-order valence-corrected chi connectivity index (χ4v) is 2.43. The van der Waals surface area contributed by atoms with Crippen LogP contribution >= 0.6 is 11.8 Å². The fraction of sp³-hybridized carbons (Fsp3) is 0.462. The van der Waals surface area contributed by atoms with Crippen LogP contribution < -0.4 is 11.1 Å². The highest BCUT2D eigenvalue weighted by molar-refractivity contribution is 8.00. The van der Waals surface area contributed by atoms with Crippen LogP contribution in [-0.2, 0) is 4.79 Å². The normalized spacial score (nSPS) is 12.2. The van der Waals surface area contributed by atoms with E-state index in [1.807, 2.05) is 13.8 Å². The predicted octanol–water partition coefficient (Wildman–Crippen LogP) is 2.94. The van der Waals surface area contributed by atoms with E-state index in [1.54, 1.807) is 0 Å². The third-order valence-electron chi connectivity index (χ3n) is 2.50. The number of thioether (sulfide) groups is 1. The van der Waals surface area contributed by atoms with Gasteiger partial charge in [-0.15, -0.1) is 11.8 Å². The smallest absolute Gasteiger partial charge is 0.230 e. The van der Waals surface area contributed by atoms with Gasteiger partial charge in [0.15, 0.2) is 0 Å². The highest BCUT2D eigenvalue weighted by Crippen LogP contribution is 2.27. The largest absolute Gasteiger partial charge is 0.399 e. The van der Waals surface area contributed by atoms with Crippen molar-refractivity contribution in [3.63, 3.8) is 0 Å². The van der Waals surface area contributed by atoms with Crippen LogP contribution in [-0.4, -0.2) is 17.7 Å². The fourth-order valence-electron chi connectivity index (χ4n) is 1.68. The molecule has 0 aliphatic rings. The topological polar surface area (TPSA) is 55.1 Å². The number of carbonyl (C=O) groups is 1. The van der Waals surface area contributed by atoms with Gasteiger partial charge < -0.3 is 11.1 Å². The minimum Gasteiger partial charge on any atom is -0.399 e. The molecule has 3 N–H and O–H groups in total. The molecule has 106 valence electrons. The number of anilines is 1. The Labute approximate surface area is 115 Å². The van der Waals surface area contributed by atoms with Gasteiger partial charge in [-0.1, -0.05) is 13.3 Å². The molecule has 1 rings (SSSR count). The molecule has 0 radical (unpaired) electrons. The van der Waals surface area contributed by atoms with Crippen LogP contribution in [0.15, 0.2) is 17.0 Å². The van der Waals surface area contributed by atoms with Crippen molar-refractivity contribution >= 4 is 23.4 Å². The Balaban J connectivity index is 2.55. The van der Waals surface area contributed by atoms with E-state index >= 15 is 0 Å². The van der Waals surface area contributed by atoms with Gasteiger partial charge in [-0.3, -0.25) is 4.79 Å². The summed E-state index contributed by atoms with van der Waals surface area (Å²) in [6.07, 6.45) is 1.84. The Morgan fingerprint density at radius 1 is 1.42 bits per heavy atom. The molecule has 0 heterocycles. The second-order valence-corrected chi connectivity index (χ2v) is 5.35. The van der Waals surface area contributed by atoms with E-state index in [0.717, 1.165) is 36.7 Å². The Morgan fingerprint density at radius 2 is 2.00 bits per heavy atom. The van der Waals surface area contributed by atoms with Crippen molar-refractivity contribution in [1.82, 2.24) is 5.32 Å². The van der Waals surface area contributed by atoms with Crippen molar-refractivity contribution in [2.45, 2.75) is 37.6 Å². The summed E-state index contributed by atoms with van der Waals surface area (Å²) in [6, 6.07) is 2.16. The average molecular weight is 288 g/mol. The molecule has 1 unspecified atom stereocenters. The molecular weight excluding hydrogens is 270 g/mol. The van der Waals surface area contributed by atoms with Crippen molar-refractivity contribution in [1.29, 1.82) is 0 Å². The molecule has 0 fully saturated rings. The van der Waals surface area contributed by atoms with Crippen LogP contribution in [0.25, 0.3) is 0 Å². The second kappa shape index (κ2) is 7.33. The number of hydrogen-bond donors (Lipinski definition) is 2. The van der Waals surface area contributed by atoms with Crippen molar-refractivity contribution in [3.05, 3.63) is 23.8 Å². The first-order valence-electron chi connectivity index (χ1n) is 6.10. The standard InChI is InChI=1S/C13H18F2N2OS/c1-3-4-8(2)17-12(18)7-19-13-10(14)5-9(16)6-11(13)15/h5-6,8H,3-4,7,16H2,1-2H3,(H,17,18). The van der Waals surface area contributed by atoms with Gasteiger partial charge in [0.05, 0.1) is 10.6 Å². The Morgan fingerprint density at radius 3 is 2.53 bits per heavy atom. The SMILES string of the molecule is CCCC(C)NC(=O)CSc1c(F)cc(N)cc1F. The van der Waals surface area contributed by atoms with E-state index in [2.05, 4.69) is 5.32 Å². The van der Waals surface area contributed by atoms with Crippen LogP contribution in [0, 0.1) is 11.6 Å². The summed E-state index contributed by atoms with van der Waals surface area (Å²) in [4.78, 5) is 11.4. The molecule has 1 aromatic carbocycles. The Hall–Kier alpha value is -1.30.